The predicted molar refractivity (Wildman–Crippen MR) is 125 cm³/mol. The number of hydrogen-bond donors (Lipinski definition) is 0. The second kappa shape index (κ2) is 6.41. The van der Waals surface area contributed by atoms with Crippen LogP contribution in [0.3, 0.4) is 0 Å². The Morgan fingerprint density at radius 1 is 0.633 bits per heavy atom. The molecule has 0 spiro atoms. The van der Waals surface area contributed by atoms with Crippen molar-refractivity contribution < 1.29 is 0 Å². The van der Waals surface area contributed by atoms with E-state index in [1.54, 1.807) is 0 Å². The van der Waals surface area contributed by atoms with E-state index in [9.17, 15) is 4.79 Å². The summed E-state index contributed by atoms with van der Waals surface area (Å²) in [5.41, 5.74) is 4.55. The molecular formula is C26H15ClN2O. The minimum atomic E-state index is -0.140. The van der Waals surface area contributed by atoms with Crippen LogP contribution in [-0.4, -0.2) is 9.55 Å². The van der Waals surface area contributed by atoms with Crippen LogP contribution in [-0.2, 0) is 0 Å². The van der Waals surface area contributed by atoms with Crippen molar-refractivity contribution in [3.8, 4) is 5.69 Å². The Bertz CT molecular complexity index is 1670. The first-order chi connectivity index (χ1) is 14.7. The second-order valence-corrected chi connectivity index (χ2v) is 7.72. The highest BCUT2D eigenvalue weighted by atomic mass is 35.5. The van der Waals surface area contributed by atoms with Crippen LogP contribution in [0.2, 0.25) is 5.02 Å². The molecule has 0 aliphatic heterocycles. The van der Waals surface area contributed by atoms with Crippen LogP contribution in [0.1, 0.15) is 0 Å². The Labute approximate surface area is 176 Å². The molecule has 142 valence electrons. The monoisotopic (exact) mass is 406 g/mol. The maximum absolute atomic E-state index is 12.9. The molecule has 0 amide bonds. The molecule has 1 aromatic heterocycles. The molecule has 0 saturated heterocycles. The Hall–Kier alpha value is -3.69. The van der Waals surface area contributed by atoms with E-state index >= 15 is 0 Å². The number of rotatable bonds is 1. The van der Waals surface area contributed by atoms with E-state index in [0.29, 0.717) is 5.39 Å². The molecule has 4 heteroatoms. The van der Waals surface area contributed by atoms with Crippen molar-refractivity contribution in [1.82, 2.24) is 9.55 Å². The zero-order chi connectivity index (χ0) is 20.2. The van der Waals surface area contributed by atoms with Gasteiger partial charge in [-0.05, 0) is 47.2 Å². The van der Waals surface area contributed by atoms with Crippen molar-refractivity contribution in [2.75, 3.05) is 0 Å². The first-order valence-electron chi connectivity index (χ1n) is 9.73. The quantitative estimate of drug-likeness (QED) is 0.231. The van der Waals surface area contributed by atoms with Gasteiger partial charge in [-0.1, -0.05) is 66.2 Å². The van der Waals surface area contributed by atoms with E-state index in [4.69, 9.17) is 16.6 Å². The van der Waals surface area contributed by atoms with E-state index in [2.05, 4.69) is 22.8 Å². The zero-order valence-electron chi connectivity index (χ0n) is 15.8. The highest BCUT2D eigenvalue weighted by Crippen LogP contribution is 2.33. The van der Waals surface area contributed by atoms with Crippen LogP contribution in [0.15, 0.2) is 95.8 Å². The predicted octanol–water partition coefficient (Wildman–Crippen LogP) is 6.50. The summed E-state index contributed by atoms with van der Waals surface area (Å²) < 4.78 is 2.17. The van der Waals surface area contributed by atoms with E-state index in [1.165, 1.54) is 0 Å². The summed E-state index contributed by atoms with van der Waals surface area (Å²) in [6, 6.07) is 29.9. The van der Waals surface area contributed by atoms with Gasteiger partial charge in [0.05, 0.1) is 27.1 Å². The van der Waals surface area contributed by atoms with E-state index in [-0.39, 0.29) is 10.5 Å². The topological polar surface area (TPSA) is 34.9 Å². The Morgan fingerprint density at radius 3 is 2.17 bits per heavy atom. The molecule has 0 aliphatic carbocycles. The highest BCUT2D eigenvalue weighted by Gasteiger charge is 2.15. The molecule has 6 aromatic rings. The fourth-order valence-corrected chi connectivity index (χ4v) is 4.53. The summed E-state index contributed by atoms with van der Waals surface area (Å²) in [5.74, 6) is 0. The van der Waals surface area contributed by atoms with Crippen LogP contribution in [0, 0.1) is 0 Å². The lowest BCUT2D eigenvalue weighted by molar-refractivity contribution is 1.15. The molecule has 0 aliphatic rings. The summed E-state index contributed by atoms with van der Waals surface area (Å²) >= 11 is 6.58. The summed E-state index contributed by atoms with van der Waals surface area (Å²) in [5, 5.41) is 3.45. The first kappa shape index (κ1) is 17.2. The van der Waals surface area contributed by atoms with Gasteiger partial charge in [-0.15, -0.1) is 0 Å². The maximum atomic E-state index is 12.9. The van der Waals surface area contributed by atoms with Gasteiger partial charge < -0.3 is 4.57 Å². The molecular weight excluding hydrogens is 392 g/mol. The number of fused-ring (bicyclic) bond motifs is 5. The largest absolute Gasteiger partial charge is 0.306 e. The van der Waals surface area contributed by atoms with Gasteiger partial charge in [0.2, 0.25) is 5.43 Å². The van der Waals surface area contributed by atoms with E-state index < -0.39 is 0 Å². The fraction of sp³-hybridized carbons (Fsp3) is 0. The Morgan fingerprint density at radius 2 is 1.33 bits per heavy atom. The average Bonchev–Trinajstić information content (AvgIpc) is 2.80. The number of nitrogens with zero attached hydrogens (tertiary/aromatic N) is 2. The van der Waals surface area contributed by atoms with Gasteiger partial charge in [-0.2, -0.15) is 0 Å². The van der Waals surface area contributed by atoms with E-state index in [1.807, 2.05) is 72.8 Å². The van der Waals surface area contributed by atoms with Gasteiger partial charge in [0.25, 0.3) is 0 Å². The minimum Gasteiger partial charge on any atom is -0.306 e. The summed E-state index contributed by atoms with van der Waals surface area (Å²) in [4.78, 5) is 17.8. The summed E-state index contributed by atoms with van der Waals surface area (Å²) in [6.45, 7) is 0. The van der Waals surface area contributed by atoms with Gasteiger partial charge >= 0.3 is 0 Å². The summed E-state index contributed by atoms with van der Waals surface area (Å²) in [7, 11) is 0. The average molecular weight is 407 g/mol. The molecule has 3 nitrogen and oxygen atoms in total. The maximum Gasteiger partial charge on any atom is 0.205 e. The van der Waals surface area contributed by atoms with Crippen LogP contribution in [0.5, 0.6) is 0 Å². The molecule has 5 aromatic carbocycles. The number of halogens is 1. The third-order valence-electron chi connectivity index (χ3n) is 5.63. The molecule has 0 radical (unpaired) electrons. The first-order valence-corrected chi connectivity index (χ1v) is 10.1. The minimum absolute atomic E-state index is 0.140. The Balaban J connectivity index is 1.89. The van der Waals surface area contributed by atoms with Crippen molar-refractivity contribution in [2.24, 2.45) is 0 Å². The molecule has 0 unspecified atom stereocenters. The lowest BCUT2D eigenvalue weighted by Crippen LogP contribution is -2.05. The zero-order valence-corrected chi connectivity index (χ0v) is 16.6. The lowest BCUT2D eigenvalue weighted by Gasteiger charge is -2.16. The van der Waals surface area contributed by atoms with Crippen molar-refractivity contribution in [3.63, 3.8) is 0 Å². The lowest BCUT2D eigenvalue weighted by atomic mass is 10.0. The normalized spacial score (nSPS) is 11.6. The van der Waals surface area contributed by atoms with Gasteiger partial charge in [-0.25, -0.2) is 4.98 Å². The fourth-order valence-electron chi connectivity index (χ4n) is 4.27. The third-order valence-corrected chi connectivity index (χ3v) is 6.01. The van der Waals surface area contributed by atoms with E-state index in [0.717, 1.165) is 43.9 Å². The molecule has 6 rings (SSSR count). The van der Waals surface area contributed by atoms with Crippen molar-refractivity contribution in [2.45, 2.75) is 0 Å². The molecule has 30 heavy (non-hydrogen) atoms. The van der Waals surface area contributed by atoms with Crippen molar-refractivity contribution in [3.05, 3.63) is 106 Å². The van der Waals surface area contributed by atoms with Crippen LogP contribution < -0.4 is 5.43 Å². The molecule has 0 bridgehead atoms. The van der Waals surface area contributed by atoms with Crippen LogP contribution in [0.4, 0.5) is 0 Å². The van der Waals surface area contributed by atoms with Gasteiger partial charge in [0.1, 0.15) is 0 Å². The third kappa shape index (κ3) is 2.39. The molecule has 1 heterocycles. The SMILES string of the molecule is O=c1c(Cl)c2cc3c(cc2c2ccccc12)nc1ccccc1n3-c1ccccc1. The standard InChI is InChI=1S/C26H15ClN2O/c27-25-20-15-24-22(14-19(20)17-10-4-5-11-18(17)26(25)30)28-21-12-6-7-13-23(21)29(24)16-8-2-1-3-9-16/h1-15H. The molecule has 0 saturated carbocycles. The number of aromatic nitrogens is 2. The van der Waals surface area contributed by atoms with Crippen molar-refractivity contribution >= 4 is 55.2 Å². The van der Waals surface area contributed by atoms with Crippen LogP contribution in [0.25, 0.3) is 49.3 Å². The molecule has 0 atom stereocenters. The van der Waals surface area contributed by atoms with Crippen LogP contribution >= 0.6 is 11.6 Å². The molecule has 0 N–H and O–H groups in total. The van der Waals surface area contributed by atoms with Gasteiger partial charge in [0.15, 0.2) is 0 Å². The van der Waals surface area contributed by atoms with Crippen molar-refractivity contribution in [1.29, 1.82) is 0 Å². The van der Waals surface area contributed by atoms with Gasteiger partial charge in [0, 0.05) is 16.5 Å². The number of para-hydroxylation sites is 3. The number of benzene rings is 5. The molecule has 0 fully saturated rings. The number of hydrogen-bond acceptors (Lipinski definition) is 2. The summed E-state index contributed by atoms with van der Waals surface area (Å²) in [6.07, 6.45) is 0. The second-order valence-electron chi connectivity index (χ2n) is 7.35. The smallest absolute Gasteiger partial charge is 0.205 e. The Kier molecular flexibility index (Phi) is 3.67. The highest BCUT2D eigenvalue weighted by molar-refractivity contribution is 6.38. The van der Waals surface area contributed by atoms with Gasteiger partial charge in [-0.3, -0.25) is 4.79 Å².